The van der Waals surface area contributed by atoms with Crippen LogP contribution in [-0.4, -0.2) is 68.0 Å². The Morgan fingerprint density at radius 1 is 1.02 bits per heavy atom. The van der Waals surface area contributed by atoms with Gasteiger partial charge in [0.15, 0.2) is 0 Å². The number of hydrogen-bond donors (Lipinski definition) is 1. The summed E-state index contributed by atoms with van der Waals surface area (Å²) in [5.74, 6) is 1.29. The Morgan fingerprint density at radius 2 is 1.77 bits per heavy atom. The van der Waals surface area contributed by atoms with E-state index in [9.17, 15) is 9.59 Å². The number of para-hydroxylation sites is 1. The number of benzene rings is 1. The molecule has 0 aliphatic carbocycles. The fraction of sp³-hybridized carbons (Fsp3) is 0.529. The number of fused-ring (bicyclic) bond motifs is 3. The first-order chi connectivity index (χ1) is 20.7. The summed E-state index contributed by atoms with van der Waals surface area (Å²) in [6.07, 6.45) is 9.89. The van der Waals surface area contributed by atoms with Crippen molar-refractivity contribution >= 4 is 23.3 Å². The van der Waals surface area contributed by atoms with Crippen LogP contribution in [0.15, 0.2) is 54.9 Å². The number of piperidine rings is 1. The third kappa shape index (κ3) is 6.18. The Labute approximate surface area is 255 Å². The Morgan fingerprint density at radius 3 is 2.44 bits per heavy atom. The molecule has 9 heteroatoms. The number of anilines is 2. The van der Waals surface area contributed by atoms with Gasteiger partial charge in [-0.05, 0) is 63.3 Å². The number of urea groups is 1. The van der Waals surface area contributed by atoms with Gasteiger partial charge in [-0.1, -0.05) is 39.0 Å². The maximum atomic E-state index is 13.3. The highest BCUT2D eigenvalue weighted by molar-refractivity contribution is 6.01. The molecule has 3 aromatic rings. The number of carbonyl (C=O) groups excluding carboxylic acids is 2. The number of imidazole rings is 1. The number of nitrogens with zero attached hydrogens (tertiary/aromatic N) is 6. The van der Waals surface area contributed by atoms with E-state index in [4.69, 9.17) is 4.98 Å². The second-order valence-electron chi connectivity index (χ2n) is 13.4. The maximum Gasteiger partial charge on any atom is 0.326 e. The van der Waals surface area contributed by atoms with Crippen LogP contribution < -0.4 is 10.2 Å². The van der Waals surface area contributed by atoms with Crippen molar-refractivity contribution in [1.29, 1.82) is 0 Å². The van der Waals surface area contributed by atoms with Crippen LogP contribution in [0.2, 0.25) is 0 Å². The molecule has 3 aliphatic rings. The van der Waals surface area contributed by atoms with Crippen molar-refractivity contribution in [3.8, 4) is 0 Å². The third-order valence-electron chi connectivity index (χ3n) is 9.41. The van der Waals surface area contributed by atoms with E-state index in [-0.39, 0.29) is 17.4 Å². The zero-order valence-corrected chi connectivity index (χ0v) is 26.0. The Hall–Kier alpha value is -3.72. The smallest absolute Gasteiger partial charge is 0.326 e. The monoisotopic (exact) mass is 583 g/mol. The highest BCUT2D eigenvalue weighted by Gasteiger charge is 2.42. The Balaban J connectivity index is 1.09. The zero-order chi connectivity index (χ0) is 30.1. The SMILES string of the molecule is Cc1nc2c(n1C1C[C@H]3CC[C@@H](C1)N3CCCN(C(=O)Nc1cccnc1)c1ccccc1)CCN(C(=O)C(C)(C)C)C2. The second-order valence-corrected chi connectivity index (χ2v) is 13.4. The number of pyridine rings is 1. The first-order valence-electron chi connectivity index (χ1n) is 15.8. The highest BCUT2D eigenvalue weighted by Crippen LogP contribution is 2.42. The van der Waals surface area contributed by atoms with Gasteiger partial charge in [-0.3, -0.25) is 19.6 Å². The van der Waals surface area contributed by atoms with Gasteiger partial charge < -0.3 is 14.8 Å². The zero-order valence-electron chi connectivity index (χ0n) is 26.0. The Kier molecular flexibility index (Phi) is 8.27. The first kappa shape index (κ1) is 29.4. The van der Waals surface area contributed by atoms with Crippen molar-refractivity contribution in [2.45, 2.75) is 90.9 Å². The van der Waals surface area contributed by atoms with E-state index in [2.05, 4.69) is 26.7 Å². The van der Waals surface area contributed by atoms with Crippen LogP contribution >= 0.6 is 0 Å². The molecule has 0 spiro atoms. The van der Waals surface area contributed by atoms with Crippen LogP contribution in [0.1, 0.15) is 76.1 Å². The quantitative estimate of drug-likeness (QED) is 0.379. The second kappa shape index (κ2) is 12.1. The van der Waals surface area contributed by atoms with Crippen molar-refractivity contribution in [3.63, 3.8) is 0 Å². The van der Waals surface area contributed by atoms with Crippen LogP contribution in [-0.2, 0) is 17.8 Å². The number of aryl methyl sites for hydroxylation is 1. The molecule has 1 N–H and O–H groups in total. The van der Waals surface area contributed by atoms with Crippen molar-refractivity contribution in [2.24, 2.45) is 5.41 Å². The molecule has 2 saturated heterocycles. The van der Waals surface area contributed by atoms with Crippen LogP contribution in [0.3, 0.4) is 0 Å². The lowest BCUT2D eigenvalue weighted by Crippen LogP contribution is -2.46. The lowest BCUT2D eigenvalue weighted by Gasteiger charge is -2.41. The van der Waals surface area contributed by atoms with Crippen molar-refractivity contribution < 1.29 is 9.59 Å². The van der Waals surface area contributed by atoms with E-state index >= 15 is 0 Å². The molecule has 1 unspecified atom stereocenters. The first-order valence-corrected chi connectivity index (χ1v) is 15.8. The van der Waals surface area contributed by atoms with E-state index in [1.54, 1.807) is 12.4 Å². The van der Waals surface area contributed by atoms with Gasteiger partial charge in [0.2, 0.25) is 5.91 Å². The number of carbonyl (C=O) groups is 2. The molecule has 228 valence electrons. The van der Waals surface area contributed by atoms with E-state index in [1.807, 2.05) is 73.0 Å². The number of amides is 3. The van der Waals surface area contributed by atoms with Crippen molar-refractivity contribution in [1.82, 2.24) is 24.3 Å². The lowest BCUT2D eigenvalue weighted by molar-refractivity contribution is -0.140. The molecule has 2 fully saturated rings. The molecule has 2 aromatic heterocycles. The standard InChI is InChI=1S/C34H45N7O2/c1-24-36-30-23-38(32(42)34(2,3)4)19-15-31(30)41(24)29-20-27-13-14-28(21-29)39(27)17-9-18-40(26-11-6-5-7-12-26)33(43)37-25-10-8-16-35-22-25/h5-8,10-12,16,22,27-29H,9,13-15,17-21,23H2,1-4H3,(H,37,43)/t27-,28+,29?. The predicted molar refractivity (Wildman–Crippen MR) is 169 cm³/mol. The van der Waals surface area contributed by atoms with Gasteiger partial charge >= 0.3 is 6.03 Å². The highest BCUT2D eigenvalue weighted by atomic mass is 16.2. The number of hydrogen-bond acceptors (Lipinski definition) is 5. The summed E-state index contributed by atoms with van der Waals surface area (Å²) >= 11 is 0. The number of aromatic nitrogens is 3. The minimum atomic E-state index is -0.373. The van der Waals surface area contributed by atoms with Gasteiger partial charge in [0.25, 0.3) is 0 Å². The largest absolute Gasteiger partial charge is 0.336 e. The average molecular weight is 584 g/mol. The van der Waals surface area contributed by atoms with Gasteiger partial charge in [0, 0.05) is 67.2 Å². The summed E-state index contributed by atoms with van der Waals surface area (Å²) in [7, 11) is 0. The molecule has 2 bridgehead atoms. The van der Waals surface area contributed by atoms with Gasteiger partial charge in [-0.15, -0.1) is 0 Å². The third-order valence-corrected chi connectivity index (χ3v) is 9.41. The van der Waals surface area contributed by atoms with Gasteiger partial charge in [-0.25, -0.2) is 9.78 Å². The molecule has 3 amide bonds. The van der Waals surface area contributed by atoms with Crippen LogP contribution in [0.25, 0.3) is 0 Å². The summed E-state index contributed by atoms with van der Waals surface area (Å²) in [6, 6.07) is 15.0. The maximum absolute atomic E-state index is 13.3. The van der Waals surface area contributed by atoms with Crippen molar-refractivity contribution in [2.75, 3.05) is 29.9 Å². The van der Waals surface area contributed by atoms with Crippen LogP contribution in [0, 0.1) is 12.3 Å². The van der Waals surface area contributed by atoms with Gasteiger partial charge in [0.05, 0.1) is 24.1 Å². The van der Waals surface area contributed by atoms with E-state index < -0.39 is 0 Å². The van der Waals surface area contributed by atoms with Crippen LogP contribution in [0.4, 0.5) is 16.2 Å². The van der Waals surface area contributed by atoms with Gasteiger partial charge in [-0.2, -0.15) is 0 Å². The molecule has 3 atom stereocenters. The van der Waals surface area contributed by atoms with Gasteiger partial charge in [0.1, 0.15) is 5.82 Å². The molecule has 43 heavy (non-hydrogen) atoms. The fourth-order valence-electron chi connectivity index (χ4n) is 7.49. The van der Waals surface area contributed by atoms with E-state index in [1.165, 1.54) is 18.5 Å². The lowest BCUT2D eigenvalue weighted by atomic mass is 9.93. The summed E-state index contributed by atoms with van der Waals surface area (Å²) in [6.45, 7) is 11.1. The fourth-order valence-corrected chi connectivity index (χ4v) is 7.49. The minimum absolute atomic E-state index is 0.135. The molecular formula is C34H45N7O2. The minimum Gasteiger partial charge on any atom is -0.336 e. The normalized spacial score (nSPS) is 21.9. The summed E-state index contributed by atoms with van der Waals surface area (Å²) in [4.78, 5) is 41.9. The molecule has 3 aliphatic heterocycles. The number of rotatable bonds is 7. The summed E-state index contributed by atoms with van der Waals surface area (Å²) in [5.41, 5.74) is 3.64. The molecule has 0 radical (unpaired) electrons. The van der Waals surface area contributed by atoms with Crippen LogP contribution in [0.5, 0.6) is 0 Å². The van der Waals surface area contributed by atoms with Crippen molar-refractivity contribution in [3.05, 3.63) is 72.1 Å². The summed E-state index contributed by atoms with van der Waals surface area (Å²) in [5, 5.41) is 3.01. The molecular weight excluding hydrogens is 538 g/mol. The average Bonchev–Trinajstić information content (AvgIpc) is 3.44. The Bertz CT molecular complexity index is 1420. The number of nitrogens with one attached hydrogen (secondary N) is 1. The summed E-state index contributed by atoms with van der Waals surface area (Å²) < 4.78 is 2.52. The topological polar surface area (TPSA) is 86.6 Å². The molecule has 5 heterocycles. The van der Waals surface area contributed by atoms with E-state index in [0.717, 1.165) is 56.0 Å². The molecule has 6 rings (SSSR count). The van der Waals surface area contributed by atoms with E-state index in [0.29, 0.717) is 36.9 Å². The predicted octanol–water partition coefficient (Wildman–Crippen LogP) is 5.81. The molecule has 9 nitrogen and oxygen atoms in total. The molecule has 0 saturated carbocycles. The molecule has 1 aromatic carbocycles.